The maximum absolute atomic E-state index is 11.6. The molecule has 1 rings (SSSR count). The molecule has 0 saturated carbocycles. The molecule has 76 valence electrons. The lowest BCUT2D eigenvalue weighted by Crippen LogP contribution is -2.38. The van der Waals surface area contributed by atoms with Crippen LogP contribution in [0.2, 0.25) is 0 Å². The number of likely N-dealkylation sites (tertiary alicyclic amines) is 1. The number of carbonyl (C=O) groups is 1. The van der Waals surface area contributed by atoms with E-state index in [0.717, 1.165) is 19.4 Å². The molecule has 3 heteroatoms. The van der Waals surface area contributed by atoms with E-state index in [9.17, 15) is 4.79 Å². The van der Waals surface area contributed by atoms with Crippen LogP contribution in [0.3, 0.4) is 0 Å². The number of halogens is 1. The first kappa shape index (κ1) is 10.8. The second-order valence-corrected chi connectivity index (χ2v) is 4.10. The van der Waals surface area contributed by atoms with E-state index >= 15 is 0 Å². The van der Waals surface area contributed by atoms with Gasteiger partial charge in [0.15, 0.2) is 0 Å². The van der Waals surface area contributed by atoms with Gasteiger partial charge in [-0.2, -0.15) is 0 Å². The summed E-state index contributed by atoms with van der Waals surface area (Å²) in [6.07, 6.45) is 5.30. The van der Waals surface area contributed by atoms with Gasteiger partial charge in [0, 0.05) is 24.9 Å². The lowest BCUT2D eigenvalue weighted by atomic mass is 10.1. The first-order valence-electron chi connectivity index (χ1n) is 5.11. The molecule has 0 aromatic rings. The Labute approximate surface area is 85.2 Å². The van der Waals surface area contributed by atoms with Gasteiger partial charge in [0.1, 0.15) is 0 Å². The van der Waals surface area contributed by atoms with E-state index in [2.05, 4.69) is 6.92 Å². The highest BCUT2D eigenvalue weighted by Gasteiger charge is 2.20. The Balaban J connectivity index is 2.48. The van der Waals surface area contributed by atoms with E-state index in [1.54, 1.807) is 0 Å². The van der Waals surface area contributed by atoms with Crippen LogP contribution in [-0.2, 0) is 4.79 Å². The average Bonchev–Trinajstić information content (AvgIpc) is 2.30. The van der Waals surface area contributed by atoms with Crippen LogP contribution in [0, 0.1) is 0 Å². The minimum absolute atomic E-state index is 0.226. The van der Waals surface area contributed by atoms with Crippen molar-refractivity contribution in [3.05, 3.63) is 0 Å². The van der Waals surface area contributed by atoms with Gasteiger partial charge in [-0.15, -0.1) is 11.6 Å². The molecule has 1 saturated heterocycles. The first-order valence-corrected chi connectivity index (χ1v) is 5.64. The molecule has 1 amide bonds. The van der Waals surface area contributed by atoms with Gasteiger partial charge in [0.25, 0.3) is 0 Å². The zero-order valence-electron chi connectivity index (χ0n) is 8.26. The third-order valence-corrected chi connectivity index (χ3v) is 2.87. The van der Waals surface area contributed by atoms with Crippen molar-refractivity contribution in [3.8, 4) is 0 Å². The van der Waals surface area contributed by atoms with Gasteiger partial charge >= 0.3 is 0 Å². The van der Waals surface area contributed by atoms with Crippen molar-refractivity contribution in [2.24, 2.45) is 0 Å². The van der Waals surface area contributed by atoms with E-state index in [0.29, 0.717) is 18.3 Å². The van der Waals surface area contributed by atoms with Crippen LogP contribution in [0.25, 0.3) is 0 Å². The highest BCUT2D eigenvalue weighted by atomic mass is 35.5. The summed E-state index contributed by atoms with van der Waals surface area (Å²) in [5.74, 6) is 0.673. The van der Waals surface area contributed by atoms with Crippen LogP contribution in [-0.4, -0.2) is 29.3 Å². The molecule has 1 atom stereocenters. The van der Waals surface area contributed by atoms with Crippen LogP contribution in [0.4, 0.5) is 0 Å². The second-order valence-electron chi connectivity index (χ2n) is 3.72. The largest absolute Gasteiger partial charge is 0.340 e. The zero-order chi connectivity index (χ0) is 9.68. The van der Waals surface area contributed by atoms with Gasteiger partial charge in [-0.25, -0.2) is 0 Å². The number of rotatable bonds is 2. The molecule has 0 radical (unpaired) electrons. The third kappa shape index (κ3) is 3.18. The number of alkyl halides is 1. The summed E-state index contributed by atoms with van der Waals surface area (Å²) < 4.78 is 0. The predicted molar refractivity (Wildman–Crippen MR) is 55.0 cm³/mol. The SMILES string of the molecule is CC1CCCCCN1C(=O)CCCl. The molecular weight excluding hydrogens is 186 g/mol. The molecular formula is C10H18ClNO. The summed E-state index contributed by atoms with van der Waals surface area (Å²) in [5.41, 5.74) is 0. The minimum Gasteiger partial charge on any atom is -0.340 e. The van der Waals surface area contributed by atoms with Crippen molar-refractivity contribution in [3.63, 3.8) is 0 Å². The van der Waals surface area contributed by atoms with Crippen molar-refractivity contribution in [1.29, 1.82) is 0 Å². The second kappa shape index (κ2) is 5.48. The lowest BCUT2D eigenvalue weighted by Gasteiger charge is -2.26. The predicted octanol–water partition coefficient (Wildman–Crippen LogP) is 2.41. The Kier molecular flexibility index (Phi) is 4.57. The van der Waals surface area contributed by atoms with Crippen LogP contribution in [0.5, 0.6) is 0 Å². The Morgan fingerprint density at radius 1 is 1.46 bits per heavy atom. The number of amides is 1. The van der Waals surface area contributed by atoms with Gasteiger partial charge in [-0.05, 0) is 19.8 Å². The molecule has 0 aliphatic carbocycles. The highest BCUT2D eigenvalue weighted by molar-refractivity contribution is 6.18. The molecule has 0 aromatic heterocycles. The molecule has 0 N–H and O–H groups in total. The van der Waals surface area contributed by atoms with Gasteiger partial charge in [0.05, 0.1) is 0 Å². The minimum atomic E-state index is 0.226. The molecule has 0 aromatic carbocycles. The molecule has 1 unspecified atom stereocenters. The topological polar surface area (TPSA) is 20.3 Å². The van der Waals surface area contributed by atoms with Crippen molar-refractivity contribution in [2.75, 3.05) is 12.4 Å². The highest BCUT2D eigenvalue weighted by Crippen LogP contribution is 2.17. The monoisotopic (exact) mass is 203 g/mol. The summed E-state index contributed by atoms with van der Waals surface area (Å²) in [6.45, 7) is 3.06. The Bertz CT molecular complexity index is 172. The molecule has 0 spiro atoms. The van der Waals surface area contributed by atoms with Crippen LogP contribution >= 0.6 is 11.6 Å². The fourth-order valence-electron chi connectivity index (χ4n) is 1.87. The van der Waals surface area contributed by atoms with Gasteiger partial charge in [-0.1, -0.05) is 12.8 Å². The number of nitrogens with zero attached hydrogens (tertiary/aromatic N) is 1. The van der Waals surface area contributed by atoms with Gasteiger partial charge < -0.3 is 4.90 Å². The standard InChI is InChI=1S/C10H18ClNO/c1-9-5-3-2-4-8-12(9)10(13)6-7-11/h9H,2-8H2,1H3. The molecule has 0 bridgehead atoms. The van der Waals surface area contributed by atoms with Crippen LogP contribution < -0.4 is 0 Å². The molecule has 1 fully saturated rings. The van der Waals surface area contributed by atoms with Crippen molar-refractivity contribution >= 4 is 17.5 Å². The van der Waals surface area contributed by atoms with Crippen molar-refractivity contribution in [2.45, 2.75) is 45.1 Å². The average molecular weight is 204 g/mol. The van der Waals surface area contributed by atoms with E-state index in [4.69, 9.17) is 11.6 Å². The quantitative estimate of drug-likeness (QED) is 0.632. The molecule has 13 heavy (non-hydrogen) atoms. The lowest BCUT2D eigenvalue weighted by molar-refractivity contribution is -0.132. The van der Waals surface area contributed by atoms with E-state index in [1.165, 1.54) is 12.8 Å². The maximum Gasteiger partial charge on any atom is 0.224 e. The first-order chi connectivity index (χ1) is 6.25. The number of hydrogen-bond acceptors (Lipinski definition) is 1. The van der Waals surface area contributed by atoms with Gasteiger partial charge in [-0.3, -0.25) is 4.79 Å². The van der Waals surface area contributed by atoms with Crippen molar-refractivity contribution in [1.82, 2.24) is 4.90 Å². The van der Waals surface area contributed by atoms with E-state index < -0.39 is 0 Å². The summed E-state index contributed by atoms with van der Waals surface area (Å²) >= 11 is 5.56. The van der Waals surface area contributed by atoms with Gasteiger partial charge in [0.2, 0.25) is 5.91 Å². The Morgan fingerprint density at radius 2 is 2.23 bits per heavy atom. The normalized spacial score (nSPS) is 24.2. The summed E-state index contributed by atoms with van der Waals surface area (Å²) in [7, 11) is 0. The third-order valence-electron chi connectivity index (χ3n) is 2.68. The summed E-state index contributed by atoms with van der Waals surface area (Å²) in [5, 5.41) is 0. The zero-order valence-corrected chi connectivity index (χ0v) is 9.02. The Hall–Kier alpha value is -0.240. The molecule has 1 heterocycles. The fraction of sp³-hybridized carbons (Fsp3) is 0.900. The molecule has 1 aliphatic heterocycles. The number of carbonyl (C=O) groups excluding carboxylic acids is 1. The number of hydrogen-bond donors (Lipinski definition) is 0. The summed E-state index contributed by atoms with van der Waals surface area (Å²) in [4.78, 5) is 13.6. The van der Waals surface area contributed by atoms with E-state index in [1.807, 2.05) is 4.90 Å². The molecule has 1 aliphatic rings. The molecule has 2 nitrogen and oxygen atoms in total. The maximum atomic E-state index is 11.6. The smallest absolute Gasteiger partial charge is 0.224 e. The van der Waals surface area contributed by atoms with Crippen LogP contribution in [0.15, 0.2) is 0 Å². The van der Waals surface area contributed by atoms with Crippen LogP contribution in [0.1, 0.15) is 39.0 Å². The van der Waals surface area contributed by atoms with Crippen molar-refractivity contribution < 1.29 is 4.79 Å². The fourth-order valence-corrected chi connectivity index (χ4v) is 2.03. The van der Waals surface area contributed by atoms with E-state index in [-0.39, 0.29) is 5.91 Å². The Morgan fingerprint density at radius 3 is 2.92 bits per heavy atom. The summed E-state index contributed by atoms with van der Waals surface area (Å²) in [6, 6.07) is 0.415.